The Hall–Kier alpha value is -1.10. The summed E-state index contributed by atoms with van der Waals surface area (Å²) in [7, 11) is 0. The maximum Gasteiger partial charge on any atom is 0.115 e. The molecule has 2 rings (SSSR count). The normalized spacial score (nSPS) is 17.2. The molecule has 1 aromatic rings. The first kappa shape index (κ1) is 16.3. The van der Waals surface area contributed by atoms with E-state index in [1.54, 1.807) is 12.1 Å². The van der Waals surface area contributed by atoms with Gasteiger partial charge in [0.2, 0.25) is 0 Å². The molecule has 0 aromatic heterocycles. The Morgan fingerprint density at radius 3 is 2.52 bits per heavy atom. The minimum absolute atomic E-state index is 0.303. The maximum atomic E-state index is 9.20. The molecule has 0 spiro atoms. The number of hydrogen-bond acceptors (Lipinski definition) is 4. The number of ether oxygens (including phenoxy) is 1. The zero-order valence-electron chi connectivity index (χ0n) is 12.8. The topological polar surface area (TPSA) is 58.7 Å². The molecule has 0 radical (unpaired) electrons. The molecule has 0 atom stereocenters. The van der Waals surface area contributed by atoms with Crippen molar-refractivity contribution >= 4 is 0 Å². The van der Waals surface area contributed by atoms with Crippen molar-refractivity contribution in [2.45, 2.75) is 44.8 Å². The number of unbranched alkanes of at least 4 members (excludes halogenated alkanes) is 2. The lowest BCUT2D eigenvalue weighted by molar-refractivity contribution is 0.115. The highest BCUT2D eigenvalue weighted by molar-refractivity contribution is 5.25. The number of phenolic OH excluding ortho intramolecular Hbond substituents is 1. The molecule has 0 aliphatic carbocycles. The molecular weight excluding hydrogens is 264 g/mol. The Morgan fingerprint density at radius 1 is 1.10 bits per heavy atom. The van der Waals surface area contributed by atoms with Crippen LogP contribution in [0.15, 0.2) is 24.3 Å². The van der Waals surface area contributed by atoms with Gasteiger partial charge in [-0.15, -0.1) is 0 Å². The second kappa shape index (κ2) is 9.03. The summed E-state index contributed by atoms with van der Waals surface area (Å²) in [6.07, 6.45) is 5.88. The zero-order chi connectivity index (χ0) is 14.9. The van der Waals surface area contributed by atoms with Crippen LogP contribution < -0.4 is 5.73 Å². The number of nitrogens with two attached hydrogens (primary N) is 1. The smallest absolute Gasteiger partial charge is 0.115 e. The number of hydrogen-bond donors (Lipinski definition) is 2. The van der Waals surface area contributed by atoms with Crippen LogP contribution >= 0.6 is 0 Å². The number of benzene rings is 1. The molecule has 1 aliphatic heterocycles. The number of aromatic hydroxyl groups is 1. The van der Waals surface area contributed by atoms with Crippen LogP contribution in [-0.4, -0.2) is 42.3 Å². The summed E-state index contributed by atoms with van der Waals surface area (Å²) in [6, 6.07) is 7.62. The summed E-state index contributed by atoms with van der Waals surface area (Å²) in [4.78, 5) is 2.53. The predicted molar refractivity (Wildman–Crippen MR) is 85.3 cm³/mol. The Kier molecular flexibility index (Phi) is 7.00. The molecule has 118 valence electrons. The molecule has 1 saturated heterocycles. The van der Waals surface area contributed by atoms with E-state index in [4.69, 9.17) is 10.5 Å². The highest BCUT2D eigenvalue weighted by atomic mass is 16.5. The van der Waals surface area contributed by atoms with Gasteiger partial charge in [-0.3, -0.25) is 0 Å². The molecule has 0 bridgehead atoms. The SMILES string of the molecule is NC1CCN(CCCCCOCc2ccc(O)cc2)CC1. The zero-order valence-corrected chi connectivity index (χ0v) is 12.8. The van der Waals surface area contributed by atoms with Crippen LogP contribution in [0.4, 0.5) is 0 Å². The summed E-state index contributed by atoms with van der Waals surface area (Å²) in [5.41, 5.74) is 7.01. The van der Waals surface area contributed by atoms with Crippen LogP contribution in [-0.2, 0) is 11.3 Å². The lowest BCUT2D eigenvalue weighted by Crippen LogP contribution is -2.40. The third-order valence-corrected chi connectivity index (χ3v) is 4.10. The molecule has 21 heavy (non-hydrogen) atoms. The molecular formula is C17H28N2O2. The van der Waals surface area contributed by atoms with Crippen molar-refractivity contribution in [1.29, 1.82) is 0 Å². The van der Waals surface area contributed by atoms with Crippen molar-refractivity contribution in [3.05, 3.63) is 29.8 Å². The number of piperidine rings is 1. The van der Waals surface area contributed by atoms with Crippen molar-refractivity contribution in [3.63, 3.8) is 0 Å². The third-order valence-electron chi connectivity index (χ3n) is 4.10. The van der Waals surface area contributed by atoms with Gasteiger partial charge in [0, 0.05) is 12.6 Å². The van der Waals surface area contributed by atoms with E-state index in [2.05, 4.69) is 4.90 Å². The minimum atomic E-state index is 0.303. The van der Waals surface area contributed by atoms with Crippen LogP contribution in [0.25, 0.3) is 0 Å². The summed E-state index contributed by atoms with van der Waals surface area (Å²) in [5.74, 6) is 0.303. The molecule has 0 amide bonds. The van der Waals surface area contributed by atoms with Crippen molar-refractivity contribution in [3.8, 4) is 5.75 Å². The van der Waals surface area contributed by atoms with Gasteiger partial charge in [-0.1, -0.05) is 12.1 Å². The number of nitrogens with zero attached hydrogens (tertiary/aromatic N) is 1. The number of rotatable bonds is 8. The van der Waals surface area contributed by atoms with Crippen LogP contribution in [0, 0.1) is 0 Å². The fraction of sp³-hybridized carbons (Fsp3) is 0.647. The van der Waals surface area contributed by atoms with Crippen LogP contribution in [0.1, 0.15) is 37.7 Å². The Morgan fingerprint density at radius 2 is 1.81 bits per heavy atom. The standard InChI is InChI=1S/C17H28N2O2/c18-16-8-11-19(12-9-16)10-2-1-3-13-21-14-15-4-6-17(20)7-5-15/h4-7,16,20H,1-3,8-14,18H2. The molecule has 0 unspecified atom stereocenters. The van der Waals surface area contributed by atoms with E-state index in [-0.39, 0.29) is 0 Å². The van der Waals surface area contributed by atoms with Crippen molar-refractivity contribution in [2.75, 3.05) is 26.2 Å². The first-order valence-electron chi connectivity index (χ1n) is 8.07. The molecule has 1 aliphatic rings. The van der Waals surface area contributed by atoms with E-state index in [0.29, 0.717) is 18.4 Å². The number of likely N-dealkylation sites (tertiary alicyclic amines) is 1. The minimum Gasteiger partial charge on any atom is -0.508 e. The largest absolute Gasteiger partial charge is 0.508 e. The molecule has 1 heterocycles. The highest BCUT2D eigenvalue weighted by Crippen LogP contribution is 2.11. The molecule has 4 nitrogen and oxygen atoms in total. The van der Waals surface area contributed by atoms with E-state index < -0.39 is 0 Å². The Labute approximate surface area is 127 Å². The second-order valence-electron chi connectivity index (χ2n) is 5.96. The van der Waals surface area contributed by atoms with Gasteiger partial charge in [-0.05, 0) is 69.4 Å². The van der Waals surface area contributed by atoms with Gasteiger partial charge in [0.05, 0.1) is 6.61 Å². The fourth-order valence-corrected chi connectivity index (χ4v) is 2.68. The molecule has 4 heteroatoms. The first-order chi connectivity index (χ1) is 10.2. The average molecular weight is 292 g/mol. The van der Waals surface area contributed by atoms with Crippen LogP contribution in [0.5, 0.6) is 5.75 Å². The van der Waals surface area contributed by atoms with Gasteiger partial charge in [0.25, 0.3) is 0 Å². The van der Waals surface area contributed by atoms with Crippen molar-refractivity contribution in [1.82, 2.24) is 4.90 Å². The predicted octanol–water partition coefficient (Wildman–Crippen LogP) is 2.50. The number of phenols is 1. The molecule has 0 saturated carbocycles. The molecule has 1 fully saturated rings. The summed E-state index contributed by atoms with van der Waals surface area (Å²) in [5, 5.41) is 9.20. The highest BCUT2D eigenvalue weighted by Gasteiger charge is 2.14. The molecule has 1 aromatic carbocycles. The summed E-state index contributed by atoms with van der Waals surface area (Å²) in [6.45, 7) is 4.97. The van der Waals surface area contributed by atoms with E-state index in [1.807, 2.05) is 12.1 Å². The Bertz CT molecular complexity index is 386. The van der Waals surface area contributed by atoms with E-state index in [9.17, 15) is 5.11 Å². The maximum absolute atomic E-state index is 9.20. The lowest BCUT2D eigenvalue weighted by Gasteiger charge is -2.29. The monoisotopic (exact) mass is 292 g/mol. The molecule has 3 N–H and O–H groups in total. The van der Waals surface area contributed by atoms with Crippen molar-refractivity contribution in [2.24, 2.45) is 5.73 Å². The fourth-order valence-electron chi connectivity index (χ4n) is 2.68. The van der Waals surface area contributed by atoms with Gasteiger partial charge in [0.1, 0.15) is 5.75 Å². The van der Waals surface area contributed by atoms with Gasteiger partial charge < -0.3 is 20.5 Å². The third kappa shape index (κ3) is 6.46. The Balaban J connectivity index is 1.44. The second-order valence-corrected chi connectivity index (χ2v) is 5.96. The first-order valence-corrected chi connectivity index (χ1v) is 8.07. The quantitative estimate of drug-likeness (QED) is 0.723. The van der Waals surface area contributed by atoms with Gasteiger partial charge in [-0.2, -0.15) is 0 Å². The average Bonchev–Trinajstić information content (AvgIpc) is 2.50. The summed E-state index contributed by atoms with van der Waals surface area (Å²) < 4.78 is 5.65. The van der Waals surface area contributed by atoms with Crippen LogP contribution in [0.2, 0.25) is 0 Å². The van der Waals surface area contributed by atoms with E-state index >= 15 is 0 Å². The van der Waals surface area contributed by atoms with E-state index in [1.165, 1.54) is 32.5 Å². The lowest BCUT2D eigenvalue weighted by atomic mass is 10.1. The van der Waals surface area contributed by atoms with Gasteiger partial charge in [-0.25, -0.2) is 0 Å². The van der Waals surface area contributed by atoms with Crippen LogP contribution in [0.3, 0.4) is 0 Å². The van der Waals surface area contributed by atoms with E-state index in [0.717, 1.165) is 31.4 Å². The van der Waals surface area contributed by atoms with Gasteiger partial charge >= 0.3 is 0 Å². The van der Waals surface area contributed by atoms with Crippen molar-refractivity contribution < 1.29 is 9.84 Å². The van der Waals surface area contributed by atoms with Gasteiger partial charge in [0.15, 0.2) is 0 Å². The summed E-state index contributed by atoms with van der Waals surface area (Å²) >= 11 is 0.